The van der Waals surface area contributed by atoms with Gasteiger partial charge >= 0.3 is 0 Å². The summed E-state index contributed by atoms with van der Waals surface area (Å²) in [6.45, 7) is 8.15. The second kappa shape index (κ2) is 14.6. The Morgan fingerprint density at radius 3 is 2.48 bits per heavy atom. The van der Waals surface area contributed by atoms with Crippen LogP contribution in [-0.4, -0.2) is 39.3 Å². The van der Waals surface area contributed by atoms with Gasteiger partial charge in [0.2, 0.25) is 0 Å². The van der Waals surface area contributed by atoms with Gasteiger partial charge in [-0.25, -0.2) is 0 Å². The Bertz CT molecular complexity index is 424. The minimum Gasteiger partial charge on any atom is -0.497 e. The van der Waals surface area contributed by atoms with E-state index < -0.39 is 0 Å². The molecule has 0 aromatic heterocycles. The summed E-state index contributed by atoms with van der Waals surface area (Å²) < 4.78 is 10.8. The summed E-state index contributed by atoms with van der Waals surface area (Å²) in [4.78, 5) is 4.46. The second-order valence-corrected chi connectivity index (χ2v) is 4.94. The predicted molar refractivity (Wildman–Crippen MR) is 107 cm³/mol. The van der Waals surface area contributed by atoms with Crippen LogP contribution in [0.3, 0.4) is 0 Å². The highest BCUT2D eigenvalue weighted by molar-refractivity contribution is 14.0. The maximum absolute atomic E-state index is 5.68. The topological polar surface area (TPSA) is 54.9 Å². The van der Waals surface area contributed by atoms with E-state index in [1.54, 1.807) is 7.11 Å². The molecule has 0 heterocycles. The van der Waals surface area contributed by atoms with Crippen molar-refractivity contribution < 1.29 is 9.47 Å². The van der Waals surface area contributed by atoms with Crippen molar-refractivity contribution in [3.05, 3.63) is 29.8 Å². The second-order valence-electron chi connectivity index (χ2n) is 4.94. The predicted octanol–water partition coefficient (Wildman–Crippen LogP) is 3.19. The summed E-state index contributed by atoms with van der Waals surface area (Å²) in [5.41, 5.74) is 1.16. The van der Waals surface area contributed by atoms with Crippen LogP contribution in [0.25, 0.3) is 0 Å². The van der Waals surface area contributed by atoms with E-state index in [9.17, 15) is 0 Å². The molecule has 1 aromatic rings. The monoisotopic (exact) mass is 435 g/mol. The average Bonchev–Trinajstić information content (AvgIpc) is 2.56. The van der Waals surface area contributed by atoms with Crippen molar-refractivity contribution in [2.75, 3.05) is 33.4 Å². The number of hydrogen-bond donors (Lipinski definition) is 2. The minimum atomic E-state index is 0. The molecule has 132 valence electrons. The van der Waals surface area contributed by atoms with Gasteiger partial charge in [0.1, 0.15) is 5.75 Å². The number of nitrogens with zero attached hydrogens (tertiary/aromatic N) is 1. The molecular weight excluding hydrogens is 405 g/mol. The van der Waals surface area contributed by atoms with Crippen LogP contribution in [0.2, 0.25) is 0 Å². The molecule has 0 unspecified atom stereocenters. The number of methoxy groups -OCH3 is 1. The van der Waals surface area contributed by atoms with E-state index in [0.717, 1.165) is 56.4 Å². The zero-order valence-electron chi connectivity index (χ0n) is 14.4. The molecule has 0 saturated heterocycles. The number of ether oxygens (including phenoxy) is 2. The SMILES string of the molecule is CCCN=C(NCC)NCCCOCc1ccc(OC)cc1.I. The Labute approximate surface area is 157 Å². The molecule has 0 aliphatic heterocycles. The molecule has 0 aliphatic carbocycles. The first kappa shape index (κ1) is 22.0. The quantitative estimate of drug-likeness (QED) is 0.257. The Kier molecular flexibility index (Phi) is 13.9. The molecule has 23 heavy (non-hydrogen) atoms. The van der Waals surface area contributed by atoms with Crippen LogP contribution in [0.1, 0.15) is 32.3 Å². The molecule has 1 aromatic carbocycles. The average molecular weight is 435 g/mol. The smallest absolute Gasteiger partial charge is 0.191 e. The van der Waals surface area contributed by atoms with Gasteiger partial charge in [0.05, 0.1) is 13.7 Å². The van der Waals surface area contributed by atoms with Crippen molar-refractivity contribution in [1.82, 2.24) is 10.6 Å². The van der Waals surface area contributed by atoms with E-state index in [0.29, 0.717) is 6.61 Å². The summed E-state index contributed by atoms with van der Waals surface area (Å²) in [6.07, 6.45) is 2.01. The fourth-order valence-corrected chi connectivity index (χ4v) is 1.86. The van der Waals surface area contributed by atoms with Crippen molar-refractivity contribution in [2.45, 2.75) is 33.3 Å². The van der Waals surface area contributed by atoms with Crippen LogP contribution >= 0.6 is 24.0 Å². The van der Waals surface area contributed by atoms with Crippen molar-refractivity contribution in [3.8, 4) is 5.75 Å². The molecule has 0 bridgehead atoms. The van der Waals surface area contributed by atoms with E-state index in [4.69, 9.17) is 9.47 Å². The number of aliphatic imine (C=N–C) groups is 1. The fourth-order valence-electron chi connectivity index (χ4n) is 1.86. The van der Waals surface area contributed by atoms with Gasteiger partial charge in [-0.05, 0) is 37.5 Å². The fraction of sp³-hybridized carbons (Fsp3) is 0.588. The lowest BCUT2D eigenvalue weighted by Gasteiger charge is -2.11. The Morgan fingerprint density at radius 1 is 1.13 bits per heavy atom. The molecule has 5 nitrogen and oxygen atoms in total. The maximum atomic E-state index is 5.68. The third-order valence-corrected chi connectivity index (χ3v) is 3.02. The molecule has 0 fully saturated rings. The summed E-state index contributed by atoms with van der Waals surface area (Å²) in [7, 11) is 1.67. The first-order chi connectivity index (χ1) is 10.8. The van der Waals surface area contributed by atoms with Crippen LogP contribution < -0.4 is 15.4 Å². The third kappa shape index (κ3) is 10.4. The minimum absolute atomic E-state index is 0. The Balaban J connectivity index is 0.00000484. The van der Waals surface area contributed by atoms with Gasteiger partial charge in [0.15, 0.2) is 5.96 Å². The molecule has 0 radical (unpaired) electrons. The lowest BCUT2D eigenvalue weighted by Crippen LogP contribution is -2.38. The zero-order valence-corrected chi connectivity index (χ0v) is 16.8. The van der Waals surface area contributed by atoms with Crippen LogP contribution in [0, 0.1) is 0 Å². The van der Waals surface area contributed by atoms with Crippen LogP contribution in [-0.2, 0) is 11.3 Å². The maximum Gasteiger partial charge on any atom is 0.191 e. The van der Waals surface area contributed by atoms with E-state index in [-0.39, 0.29) is 24.0 Å². The van der Waals surface area contributed by atoms with Gasteiger partial charge in [-0.3, -0.25) is 4.99 Å². The van der Waals surface area contributed by atoms with Gasteiger partial charge in [-0.15, -0.1) is 24.0 Å². The molecule has 0 atom stereocenters. The zero-order chi connectivity index (χ0) is 16.0. The van der Waals surface area contributed by atoms with E-state index in [1.165, 1.54) is 0 Å². The highest BCUT2D eigenvalue weighted by Gasteiger charge is 1.97. The molecule has 6 heteroatoms. The molecule has 2 N–H and O–H groups in total. The largest absolute Gasteiger partial charge is 0.497 e. The summed E-state index contributed by atoms with van der Waals surface area (Å²) in [5.74, 6) is 1.76. The van der Waals surface area contributed by atoms with Crippen LogP contribution in [0.5, 0.6) is 5.75 Å². The van der Waals surface area contributed by atoms with Crippen LogP contribution in [0.15, 0.2) is 29.3 Å². The molecule has 1 rings (SSSR count). The number of halogens is 1. The Morgan fingerprint density at radius 2 is 1.87 bits per heavy atom. The highest BCUT2D eigenvalue weighted by Crippen LogP contribution is 2.11. The van der Waals surface area contributed by atoms with Crippen LogP contribution in [0.4, 0.5) is 0 Å². The van der Waals surface area contributed by atoms with E-state index >= 15 is 0 Å². The van der Waals surface area contributed by atoms with Gasteiger partial charge in [-0.2, -0.15) is 0 Å². The third-order valence-electron chi connectivity index (χ3n) is 3.02. The Hall–Kier alpha value is -1.02. The number of rotatable bonds is 10. The van der Waals surface area contributed by atoms with Gasteiger partial charge in [0.25, 0.3) is 0 Å². The molecule has 0 aliphatic rings. The lowest BCUT2D eigenvalue weighted by molar-refractivity contribution is 0.119. The number of hydrogen-bond acceptors (Lipinski definition) is 3. The first-order valence-electron chi connectivity index (χ1n) is 8.03. The molecule has 0 spiro atoms. The van der Waals surface area contributed by atoms with Gasteiger partial charge < -0.3 is 20.1 Å². The highest BCUT2D eigenvalue weighted by atomic mass is 127. The normalized spacial score (nSPS) is 10.8. The standard InChI is InChI=1S/C17H29N3O2.HI/c1-4-11-19-17(18-5-2)20-12-6-13-22-14-15-7-9-16(21-3)10-8-15;/h7-10H,4-6,11-14H2,1-3H3,(H2,18,19,20);1H. The molecule has 0 saturated carbocycles. The van der Waals surface area contributed by atoms with Crippen molar-refractivity contribution in [1.29, 1.82) is 0 Å². The van der Waals surface area contributed by atoms with Crippen molar-refractivity contribution in [3.63, 3.8) is 0 Å². The van der Waals surface area contributed by atoms with Gasteiger partial charge in [-0.1, -0.05) is 19.1 Å². The van der Waals surface area contributed by atoms with Crippen molar-refractivity contribution in [2.24, 2.45) is 4.99 Å². The first-order valence-corrected chi connectivity index (χ1v) is 8.03. The van der Waals surface area contributed by atoms with E-state index in [2.05, 4.69) is 29.5 Å². The lowest BCUT2D eigenvalue weighted by atomic mass is 10.2. The van der Waals surface area contributed by atoms with Gasteiger partial charge in [0, 0.05) is 26.2 Å². The van der Waals surface area contributed by atoms with Crippen molar-refractivity contribution >= 4 is 29.9 Å². The molecular formula is C17H30IN3O2. The number of guanidine groups is 1. The summed E-state index contributed by atoms with van der Waals surface area (Å²) in [5, 5.41) is 6.54. The molecule has 0 amide bonds. The van der Waals surface area contributed by atoms with E-state index in [1.807, 2.05) is 24.3 Å². The number of benzene rings is 1. The number of nitrogens with one attached hydrogen (secondary N) is 2. The summed E-state index contributed by atoms with van der Waals surface area (Å²) in [6, 6.07) is 7.95. The summed E-state index contributed by atoms with van der Waals surface area (Å²) >= 11 is 0.